The smallest absolute Gasteiger partial charge is 0.133 e. The van der Waals surface area contributed by atoms with E-state index in [1.54, 1.807) is 7.11 Å². The van der Waals surface area contributed by atoms with Gasteiger partial charge in [0.05, 0.1) is 18.2 Å². The summed E-state index contributed by atoms with van der Waals surface area (Å²) in [7, 11) is 1.65. The van der Waals surface area contributed by atoms with Crippen LogP contribution in [0, 0.1) is 5.41 Å². The Morgan fingerprint density at radius 1 is 1.26 bits per heavy atom. The monoisotopic (exact) mass is 329 g/mol. The Bertz CT molecular complexity index is 394. The highest BCUT2D eigenvalue weighted by molar-refractivity contribution is 9.10. The Morgan fingerprint density at radius 2 is 2.00 bits per heavy atom. The number of ether oxygens (including phenoxy) is 2. The molecular formula is C15H24BrNO2. The molecule has 0 aromatic heterocycles. The van der Waals surface area contributed by atoms with Crippen molar-refractivity contribution < 1.29 is 9.47 Å². The molecule has 0 spiro atoms. The lowest BCUT2D eigenvalue weighted by atomic mass is 9.87. The van der Waals surface area contributed by atoms with E-state index in [2.05, 4.69) is 29.8 Å². The van der Waals surface area contributed by atoms with Crippen LogP contribution < -0.4 is 15.2 Å². The molecule has 4 heteroatoms. The molecule has 0 radical (unpaired) electrons. The quantitative estimate of drug-likeness (QED) is 0.733. The van der Waals surface area contributed by atoms with Gasteiger partial charge in [0, 0.05) is 0 Å². The van der Waals surface area contributed by atoms with Crippen molar-refractivity contribution in [1.29, 1.82) is 0 Å². The normalized spacial score (nSPS) is 11.4. The van der Waals surface area contributed by atoms with Gasteiger partial charge >= 0.3 is 0 Å². The van der Waals surface area contributed by atoms with E-state index in [1.807, 2.05) is 18.2 Å². The van der Waals surface area contributed by atoms with Gasteiger partial charge < -0.3 is 15.2 Å². The summed E-state index contributed by atoms with van der Waals surface area (Å²) in [6, 6.07) is 5.73. The number of benzene rings is 1. The number of nitrogens with two attached hydrogens (primary N) is 1. The third-order valence-corrected chi connectivity index (χ3v) is 3.82. The zero-order valence-corrected chi connectivity index (χ0v) is 13.6. The van der Waals surface area contributed by atoms with Crippen LogP contribution in [0.5, 0.6) is 11.5 Å². The van der Waals surface area contributed by atoms with Gasteiger partial charge in [0.2, 0.25) is 0 Å². The van der Waals surface area contributed by atoms with E-state index < -0.39 is 0 Å². The van der Waals surface area contributed by atoms with Crippen molar-refractivity contribution >= 4 is 15.9 Å². The summed E-state index contributed by atoms with van der Waals surface area (Å²) in [6.45, 7) is 5.87. The molecule has 0 unspecified atom stereocenters. The van der Waals surface area contributed by atoms with Gasteiger partial charge in [0.15, 0.2) is 0 Å². The third-order valence-electron chi connectivity index (χ3n) is 3.20. The molecule has 1 aromatic carbocycles. The van der Waals surface area contributed by atoms with E-state index in [4.69, 9.17) is 15.2 Å². The molecule has 0 fully saturated rings. The average Bonchev–Trinajstić information content (AvgIpc) is 2.39. The average molecular weight is 330 g/mol. The van der Waals surface area contributed by atoms with Crippen molar-refractivity contribution in [1.82, 2.24) is 0 Å². The molecule has 0 atom stereocenters. The molecule has 0 heterocycles. The Kier molecular flexibility index (Phi) is 6.66. The molecule has 0 aliphatic carbocycles. The number of unbranched alkanes of at least 4 members (excludes halogenated alkanes) is 1. The molecule has 1 aromatic rings. The molecule has 0 aliphatic rings. The maximum absolute atomic E-state index is 5.75. The molecule has 1 rings (SSSR count). The second-order valence-corrected chi connectivity index (χ2v) is 6.32. The van der Waals surface area contributed by atoms with Crippen LogP contribution in [-0.4, -0.2) is 20.3 Å². The van der Waals surface area contributed by atoms with Crippen LogP contribution in [0.25, 0.3) is 0 Å². The van der Waals surface area contributed by atoms with Gasteiger partial charge in [-0.15, -0.1) is 0 Å². The van der Waals surface area contributed by atoms with Crippen LogP contribution in [0.1, 0.15) is 33.1 Å². The van der Waals surface area contributed by atoms with Crippen LogP contribution in [0.3, 0.4) is 0 Å². The van der Waals surface area contributed by atoms with E-state index >= 15 is 0 Å². The van der Waals surface area contributed by atoms with E-state index in [0.717, 1.165) is 48.4 Å². The first-order valence-electron chi connectivity index (χ1n) is 6.65. The van der Waals surface area contributed by atoms with Crippen molar-refractivity contribution in [2.45, 2.75) is 33.1 Å². The molecule has 2 N–H and O–H groups in total. The topological polar surface area (TPSA) is 44.5 Å². The molecule has 0 bridgehead atoms. The Balaban J connectivity index is 2.30. The number of rotatable bonds is 8. The highest BCUT2D eigenvalue weighted by atomic mass is 79.9. The van der Waals surface area contributed by atoms with Crippen molar-refractivity contribution in [2.24, 2.45) is 11.1 Å². The summed E-state index contributed by atoms with van der Waals surface area (Å²) < 4.78 is 11.8. The molecule has 3 nitrogen and oxygen atoms in total. The number of hydrogen-bond donors (Lipinski definition) is 1. The first-order chi connectivity index (χ1) is 8.98. The molecular weight excluding hydrogens is 306 g/mol. The first-order valence-corrected chi connectivity index (χ1v) is 7.44. The lowest BCUT2D eigenvalue weighted by Gasteiger charge is -2.21. The van der Waals surface area contributed by atoms with E-state index in [-0.39, 0.29) is 5.41 Å². The third kappa shape index (κ3) is 5.83. The van der Waals surface area contributed by atoms with Gasteiger partial charge in [-0.2, -0.15) is 0 Å². The molecule has 0 aliphatic heterocycles. The van der Waals surface area contributed by atoms with E-state index in [1.165, 1.54) is 0 Å². The SMILES string of the molecule is COc1ccc(OCCCCC(C)(C)CN)c(Br)c1. The standard InChI is InChI=1S/C15H24BrNO2/c1-15(2,11-17)8-4-5-9-19-14-7-6-12(18-3)10-13(14)16/h6-7,10H,4-5,8-9,11,17H2,1-3H3. The Hall–Kier alpha value is -0.740. The minimum absolute atomic E-state index is 0.237. The van der Waals surface area contributed by atoms with Crippen LogP contribution in [0.4, 0.5) is 0 Å². The lowest BCUT2D eigenvalue weighted by molar-refractivity contribution is 0.277. The van der Waals surface area contributed by atoms with Crippen molar-refractivity contribution in [2.75, 3.05) is 20.3 Å². The largest absolute Gasteiger partial charge is 0.497 e. The highest BCUT2D eigenvalue weighted by Gasteiger charge is 2.14. The fourth-order valence-corrected chi connectivity index (χ4v) is 2.19. The summed E-state index contributed by atoms with van der Waals surface area (Å²) >= 11 is 3.48. The minimum atomic E-state index is 0.237. The predicted octanol–water partition coefficient (Wildman–Crippen LogP) is 3.99. The number of hydrogen-bond acceptors (Lipinski definition) is 3. The summed E-state index contributed by atoms with van der Waals surface area (Å²) in [5.74, 6) is 1.68. The highest BCUT2D eigenvalue weighted by Crippen LogP contribution is 2.29. The maximum atomic E-state index is 5.75. The van der Waals surface area contributed by atoms with Gasteiger partial charge in [-0.3, -0.25) is 0 Å². The van der Waals surface area contributed by atoms with Gasteiger partial charge in [-0.05, 0) is 65.4 Å². The molecule has 0 amide bonds. The fraction of sp³-hybridized carbons (Fsp3) is 0.600. The van der Waals surface area contributed by atoms with Gasteiger partial charge in [-0.1, -0.05) is 13.8 Å². The van der Waals surface area contributed by atoms with Crippen LogP contribution in [0.2, 0.25) is 0 Å². The molecule has 108 valence electrons. The lowest BCUT2D eigenvalue weighted by Crippen LogP contribution is -2.23. The Labute approximate surface area is 124 Å². The zero-order valence-electron chi connectivity index (χ0n) is 12.0. The number of methoxy groups -OCH3 is 1. The minimum Gasteiger partial charge on any atom is -0.497 e. The van der Waals surface area contributed by atoms with E-state index in [9.17, 15) is 0 Å². The van der Waals surface area contributed by atoms with Crippen molar-refractivity contribution in [3.8, 4) is 11.5 Å². The van der Waals surface area contributed by atoms with Gasteiger partial charge in [-0.25, -0.2) is 0 Å². The first kappa shape index (κ1) is 16.3. The summed E-state index contributed by atoms with van der Waals surface area (Å²) in [5, 5.41) is 0. The fourth-order valence-electron chi connectivity index (χ4n) is 1.72. The molecule has 0 saturated carbocycles. The van der Waals surface area contributed by atoms with Crippen LogP contribution in [-0.2, 0) is 0 Å². The van der Waals surface area contributed by atoms with Crippen molar-refractivity contribution in [3.05, 3.63) is 22.7 Å². The maximum Gasteiger partial charge on any atom is 0.133 e. The molecule has 19 heavy (non-hydrogen) atoms. The summed E-state index contributed by atoms with van der Waals surface area (Å²) in [5.41, 5.74) is 5.95. The van der Waals surface area contributed by atoms with Gasteiger partial charge in [0.25, 0.3) is 0 Å². The van der Waals surface area contributed by atoms with E-state index in [0.29, 0.717) is 0 Å². The second kappa shape index (κ2) is 7.75. The summed E-state index contributed by atoms with van der Waals surface area (Å²) in [6.07, 6.45) is 3.32. The van der Waals surface area contributed by atoms with Crippen LogP contribution >= 0.6 is 15.9 Å². The van der Waals surface area contributed by atoms with Crippen LogP contribution in [0.15, 0.2) is 22.7 Å². The zero-order chi connectivity index (χ0) is 14.3. The van der Waals surface area contributed by atoms with Gasteiger partial charge in [0.1, 0.15) is 11.5 Å². The predicted molar refractivity (Wildman–Crippen MR) is 82.9 cm³/mol. The van der Waals surface area contributed by atoms with Crippen molar-refractivity contribution in [3.63, 3.8) is 0 Å². The summed E-state index contributed by atoms with van der Waals surface area (Å²) in [4.78, 5) is 0. The Morgan fingerprint density at radius 3 is 2.58 bits per heavy atom. The second-order valence-electron chi connectivity index (χ2n) is 5.47. The number of halogens is 1. The molecule has 0 saturated heterocycles.